The van der Waals surface area contributed by atoms with Gasteiger partial charge in [-0.25, -0.2) is 4.98 Å². The summed E-state index contributed by atoms with van der Waals surface area (Å²) < 4.78 is 0. The lowest BCUT2D eigenvalue weighted by molar-refractivity contribution is -0.385. The van der Waals surface area contributed by atoms with Crippen molar-refractivity contribution in [1.82, 2.24) is 9.88 Å². The summed E-state index contributed by atoms with van der Waals surface area (Å²) in [5.74, 6) is 0.128. The van der Waals surface area contributed by atoms with Crippen molar-refractivity contribution in [2.45, 2.75) is 26.2 Å². The van der Waals surface area contributed by atoms with Crippen molar-refractivity contribution in [3.8, 4) is 0 Å². The van der Waals surface area contributed by atoms with Gasteiger partial charge in [-0.1, -0.05) is 24.9 Å². The van der Waals surface area contributed by atoms with E-state index in [1.165, 1.54) is 12.3 Å². The number of halogens is 1. The number of carbonyl (C=O) groups excluding carboxylic acids is 1. The largest absolute Gasteiger partial charge is 0.338 e. The van der Waals surface area contributed by atoms with E-state index in [9.17, 15) is 14.9 Å². The van der Waals surface area contributed by atoms with Gasteiger partial charge in [-0.15, -0.1) is 0 Å². The van der Waals surface area contributed by atoms with Crippen molar-refractivity contribution < 1.29 is 9.72 Å². The molecule has 6 nitrogen and oxygen atoms in total. The fourth-order valence-electron chi connectivity index (χ4n) is 2.53. The van der Waals surface area contributed by atoms with Crippen LogP contribution in [0.5, 0.6) is 0 Å². The van der Waals surface area contributed by atoms with E-state index < -0.39 is 10.6 Å². The predicted octanol–water partition coefficient (Wildman–Crippen LogP) is 2.91. The molecule has 2 rings (SSSR count). The van der Waals surface area contributed by atoms with Gasteiger partial charge in [0.05, 0.1) is 4.92 Å². The van der Waals surface area contributed by atoms with E-state index in [1.807, 2.05) is 0 Å². The number of nitro groups is 1. The van der Waals surface area contributed by atoms with Crippen LogP contribution >= 0.6 is 11.6 Å². The first-order valence-electron chi connectivity index (χ1n) is 6.62. The van der Waals surface area contributed by atoms with E-state index in [0.29, 0.717) is 19.0 Å². The maximum Gasteiger partial charge on any atom is 0.319 e. The van der Waals surface area contributed by atoms with Crippen molar-refractivity contribution >= 4 is 23.2 Å². The minimum Gasteiger partial charge on any atom is -0.338 e. The smallest absolute Gasteiger partial charge is 0.319 e. The molecule has 1 aromatic heterocycles. The number of carbonyl (C=O) groups is 1. The van der Waals surface area contributed by atoms with Gasteiger partial charge in [0.1, 0.15) is 5.56 Å². The van der Waals surface area contributed by atoms with Gasteiger partial charge < -0.3 is 4.90 Å². The molecular formula is C13H16ClN3O3. The van der Waals surface area contributed by atoms with E-state index >= 15 is 0 Å². The molecule has 2 heterocycles. The summed E-state index contributed by atoms with van der Waals surface area (Å²) in [4.78, 5) is 28.2. The SMILES string of the molecule is CCC1CCCN(C(=O)c2ccnc(Cl)c2[N+](=O)[O-])C1. The lowest BCUT2D eigenvalue weighted by Crippen LogP contribution is -2.40. The van der Waals surface area contributed by atoms with Crippen LogP contribution in [0, 0.1) is 16.0 Å². The van der Waals surface area contributed by atoms with Gasteiger partial charge in [0.15, 0.2) is 0 Å². The summed E-state index contributed by atoms with van der Waals surface area (Å²) in [5, 5.41) is 10.8. The molecule has 1 saturated heterocycles. The number of hydrogen-bond acceptors (Lipinski definition) is 4. The van der Waals surface area contributed by atoms with Crippen LogP contribution in [0.4, 0.5) is 5.69 Å². The zero-order chi connectivity index (χ0) is 14.7. The summed E-state index contributed by atoms with van der Waals surface area (Å²) in [6.45, 7) is 3.36. The first kappa shape index (κ1) is 14.7. The number of likely N-dealkylation sites (tertiary alicyclic amines) is 1. The Labute approximate surface area is 121 Å². The third-order valence-electron chi connectivity index (χ3n) is 3.68. The van der Waals surface area contributed by atoms with Crippen LogP contribution < -0.4 is 0 Å². The number of rotatable bonds is 3. The lowest BCUT2D eigenvalue weighted by Gasteiger charge is -2.32. The Morgan fingerprint density at radius 3 is 3.05 bits per heavy atom. The van der Waals surface area contributed by atoms with Crippen LogP contribution in [0.15, 0.2) is 12.3 Å². The van der Waals surface area contributed by atoms with Crippen molar-refractivity contribution in [2.75, 3.05) is 13.1 Å². The van der Waals surface area contributed by atoms with Gasteiger partial charge in [0, 0.05) is 19.3 Å². The quantitative estimate of drug-likeness (QED) is 0.488. The van der Waals surface area contributed by atoms with Gasteiger partial charge >= 0.3 is 5.69 Å². The Bertz CT molecular complexity index is 536. The Kier molecular flexibility index (Phi) is 4.54. The molecule has 0 radical (unpaired) electrons. The molecule has 7 heteroatoms. The number of amides is 1. The predicted molar refractivity (Wildman–Crippen MR) is 74.8 cm³/mol. The first-order chi connectivity index (χ1) is 9.54. The first-order valence-corrected chi connectivity index (χ1v) is 7.00. The van der Waals surface area contributed by atoms with Gasteiger partial charge in [-0.3, -0.25) is 14.9 Å². The van der Waals surface area contributed by atoms with E-state index in [2.05, 4.69) is 11.9 Å². The van der Waals surface area contributed by atoms with Crippen LogP contribution in [0.3, 0.4) is 0 Å². The highest BCUT2D eigenvalue weighted by Crippen LogP contribution is 2.28. The molecular weight excluding hydrogens is 282 g/mol. The molecule has 1 amide bonds. The van der Waals surface area contributed by atoms with Crippen LogP contribution in [-0.2, 0) is 0 Å². The molecule has 0 saturated carbocycles. The molecule has 0 aromatic carbocycles. The third-order valence-corrected chi connectivity index (χ3v) is 3.95. The van der Waals surface area contributed by atoms with Gasteiger partial charge in [0.2, 0.25) is 5.15 Å². The summed E-state index contributed by atoms with van der Waals surface area (Å²) in [6.07, 6.45) is 4.35. The van der Waals surface area contributed by atoms with Gasteiger partial charge in [-0.2, -0.15) is 0 Å². The summed E-state index contributed by atoms with van der Waals surface area (Å²) >= 11 is 5.74. The molecule has 1 atom stereocenters. The molecule has 0 bridgehead atoms. The van der Waals surface area contributed by atoms with Crippen LogP contribution in [0.1, 0.15) is 36.5 Å². The molecule has 20 heavy (non-hydrogen) atoms. The summed E-state index contributed by atoms with van der Waals surface area (Å²) in [6, 6.07) is 1.36. The second-order valence-electron chi connectivity index (χ2n) is 4.92. The van der Waals surface area contributed by atoms with E-state index in [-0.39, 0.29) is 16.6 Å². The number of pyridine rings is 1. The Balaban J connectivity index is 2.29. The standard InChI is InChI=1S/C13H16ClN3O3/c1-2-9-4-3-7-16(8-9)13(18)10-5-6-15-12(14)11(10)17(19)20/h5-6,9H,2-4,7-8H2,1H3. The minimum atomic E-state index is -0.649. The fraction of sp³-hybridized carbons (Fsp3) is 0.538. The zero-order valence-corrected chi connectivity index (χ0v) is 12.0. The summed E-state index contributed by atoms with van der Waals surface area (Å²) in [7, 11) is 0. The third kappa shape index (κ3) is 2.90. The molecule has 0 spiro atoms. The van der Waals surface area contributed by atoms with Crippen molar-refractivity contribution in [3.05, 3.63) is 33.1 Å². The molecule has 0 N–H and O–H groups in total. The van der Waals surface area contributed by atoms with Gasteiger partial charge in [-0.05, 0) is 24.8 Å². The highest BCUT2D eigenvalue weighted by Gasteiger charge is 2.30. The second kappa shape index (κ2) is 6.17. The normalized spacial score (nSPS) is 18.9. The molecule has 1 fully saturated rings. The molecule has 1 aliphatic heterocycles. The number of piperidine rings is 1. The van der Waals surface area contributed by atoms with Crippen LogP contribution in [-0.4, -0.2) is 33.8 Å². The molecule has 1 aliphatic rings. The number of nitrogens with zero attached hydrogens (tertiary/aromatic N) is 3. The van der Waals surface area contributed by atoms with Crippen molar-refractivity contribution in [2.24, 2.45) is 5.92 Å². The summed E-state index contributed by atoms with van der Waals surface area (Å²) in [5.41, 5.74) is -0.385. The Morgan fingerprint density at radius 1 is 1.65 bits per heavy atom. The molecule has 1 unspecified atom stereocenters. The van der Waals surface area contributed by atoms with Crippen molar-refractivity contribution in [1.29, 1.82) is 0 Å². The van der Waals surface area contributed by atoms with E-state index in [0.717, 1.165) is 19.3 Å². The van der Waals surface area contributed by atoms with Crippen molar-refractivity contribution in [3.63, 3.8) is 0 Å². The maximum atomic E-state index is 12.5. The second-order valence-corrected chi connectivity index (χ2v) is 5.28. The average Bonchev–Trinajstić information content (AvgIpc) is 2.45. The molecule has 0 aliphatic carbocycles. The average molecular weight is 298 g/mol. The topological polar surface area (TPSA) is 76.3 Å². The Morgan fingerprint density at radius 2 is 2.40 bits per heavy atom. The zero-order valence-electron chi connectivity index (χ0n) is 11.2. The van der Waals surface area contributed by atoms with Gasteiger partial charge in [0.25, 0.3) is 5.91 Å². The van der Waals surface area contributed by atoms with E-state index in [4.69, 9.17) is 11.6 Å². The number of aromatic nitrogens is 1. The molecule has 1 aromatic rings. The van der Waals surface area contributed by atoms with Crippen LogP contribution in [0.25, 0.3) is 0 Å². The Hall–Kier alpha value is -1.69. The number of hydrogen-bond donors (Lipinski definition) is 0. The van der Waals surface area contributed by atoms with E-state index in [1.54, 1.807) is 4.90 Å². The monoisotopic (exact) mass is 297 g/mol. The fourth-order valence-corrected chi connectivity index (χ4v) is 2.75. The maximum absolute atomic E-state index is 12.5. The minimum absolute atomic E-state index is 0.0201. The molecule has 108 valence electrons. The highest BCUT2D eigenvalue weighted by atomic mass is 35.5. The lowest BCUT2D eigenvalue weighted by atomic mass is 9.95. The highest BCUT2D eigenvalue weighted by molar-refractivity contribution is 6.32. The van der Waals surface area contributed by atoms with Crippen LogP contribution in [0.2, 0.25) is 5.15 Å².